The second-order valence-corrected chi connectivity index (χ2v) is 6.03. The summed E-state index contributed by atoms with van der Waals surface area (Å²) in [5, 5.41) is 3.37. The van der Waals surface area contributed by atoms with Crippen molar-refractivity contribution < 1.29 is 19.0 Å². The lowest BCUT2D eigenvalue weighted by atomic mass is 10.0. The summed E-state index contributed by atoms with van der Waals surface area (Å²) in [5.74, 6) is 2.07. The van der Waals surface area contributed by atoms with Crippen LogP contribution >= 0.6 is 0 Å². The minimum absolute atomic E-state index is 0.0179. The Morgan fingerprint density at radius 3 is 2.92 bits per heavy atom. The van der Waals surface area contributed by atoms with Crippen molar-refractivity contribution in [3.8, 4) is 17.2 Å². The molecule has 4 rings (SSSR count). The van der Waals surface area contributed by atoms with E-state index in [0.29, 0.717) is 30.2 Å². The minimum atomic E-state index is -0.0807. The molecule has 0 aromatic heterocycles. The number of rotatable bonds is 3. The Kier molecular flexibility index (Phi) is 4.19. The van der Waals surface area contributed by atoms with E-state index in [0.717, 1.165) is 17.9 Å². The highest BCUT2D eigenvalue weighted by molar-refractivity contribution is 5.95. The average Bonchev–Trinajstić information content (AvgIpc) is 3.15. The molecule has 25 heavy (non-hydrogen) atoms. The molecule has 1 amide bonds. The number of hydrogen-bond donors (Lipinski definition) is 1. The highest BCUT2D eigenvalue weighted by atomic mass is 16.7. The monoisotopic (exact) mass is 340 g/mol. The summed E-state index contributed by atoms with van der Waals surface area (Å²) >= 11 is 0. The van der Waals surface area contributed by atoms with Gasteiger partial charge >= 0.3 is 0 Å². The number of amides is 1. The first-order chi connectivity index (χ1) is 12.3. The Hall–Kier alpha value is -2.73. The lowest BCUT2D eigenvalue weighted by Gasteiger charge is -2.37. The second kappa shape index (κ2) is 6.64. The number of ether oxygens (including phenoxy) is 3. The number of piperazine rings is 1. The lowest BCUT2D eigenvalue weighted by Crippen LogP contribution is -2.48. The topological polar surface area (TPSA) is 60.0 Å². The molecule has 1 N–H and O–H groups in total. The molecule has 1 fully saturated rings. The maximum atomic E-state index is 13.1. The third kappa shape index (κ3) is 2.89. The van der Waals surface area contributed by atoms with E-state index in [-0.39, 0.29) is 18.7 Å². The smallest absolute Gasteiger partial charge is 0.254 e. The Morgan fingerprint density at radius 1 is 1.20 bits per heavy atom. The van der Waals surface area contributed by atoms with Crippen molar-refractivity contribution >= 4 is 5.91 Å². The minimum Gasteiger partial charge on any atom is -0.496 e. The van der Waals surface area contributed by atoms with E-state index in [9.17, 15) is 4.79 Å². The number of fused-ring (bicyclic) bond motifs is 1. The van der Waals surface area contributed by atoms with Gasteiger partial charge in [0.25, 0.3) is 5.91 Å². The first-order valence-corrected chi connectivity index (χ1v) is 8.32. The molecule has 1 atom stereocenters. The van der Waals surface area contributed by atoms with Crippen LogP contribution in [0.25, 0.3) is 0 Å². The van der Waals surface area contributed by atoms with Crippen LogP contribution in [0.15, 0.2) is 42.5 Å². The first-order valence-electron chi connectivity index (χ1n) is 8.32. The summed E-state index contributed by atoms with van der Waals surface area (Å²) in [6.45, 7) is 2.29. The molecule has 0 radical (unpaired) electrons. The largest absolute Gasteiger partial charge is 0.496 e. The molecule has 1 saturated heterocycles. The molecule has 2 heterocycles. The van der Waals surface area contributed by atoms with Gasteiger partial charge in [0.1, 0.15) is 5.75 Å². The fourth-order valence-corrected chi connectivity index (χ4v) is 3.36. The van der Waals surface area contributed by atoms with E-state index >= 15 is 0 Å². The van der Waals surface area contributed by atoms with E-state index in [4.69, 9.17) is 14.2 Å². The van der Waals surface area contributed by atoms with Gasteiger partial charge in [-0.15, -0.1) is 0 Å². The van der Waals surface area contributed by atoms with E-state index in [1.165, 1.54) is 0 Å². The summed E-state index contributed by atoms with van der Waals surface area (Å²) in [7, 11) is 1.65. The molecule has 0 aliphatic carbocycles. The number of carbonyl (C=O) groups excluding carboxylic acids is 1. The number of para-hydroxylation sites is 1. The van der Waals surface area contributed by atoms with E-state index < -0.39 is 0 Å². The molecule has 0 saturated carbocycles. The van der Waals surface area contributed by atoms with Gasteiger partial charge in [0, 0.05) is 30.8 Å². The third-order valence-corrected chi connectivity index (χ3v) is 4.62. The highest BCUT2D eigenvalue weighted by Gasteiger charge is 2.31. The fraction of sp³-hybridized carbons (Fsp3) is 0.316. The molecule has 2 aliphatic heterocycles. The van der Waals surface area contributed by atoms with Crippen molar-refractivity contribution in [1.82, 2.24) is 10.2 Å². The van der Waals surface area contributed by atoms with Crippen LogP contribution in [0.3, 0.4) is 0 Å². The van der Waals surface area contributed by atoms with Gasteiger partial charge < -0.3 is 24.4 Å². The van der Waals surface area contributed by atoms with Gasteiger partial charge in [-0.25, -0.2) is 0 Å². The number of benzene rings is 2. The Balaban J connectivity index is 1.66. The maximum absolute atomic E-state index is 13.1. The van der Waals surface area contributed by atoms with Gasteiger partial charge in [0.2, 0.25) is 6.79 Å². The lowest BCUT2D eigenvalue weighted by molar-refractivity contribution is 0.0631. The normalized spacial score (nSPS) is 18.9. The van der Waals surface area contributed by atoms with Crippen LogP contribution in [0, 0.1) is 0 Å². The molecule has 0 spiro atoms. The zero-order chi connectivity index (χ0) is 17.2. The molecule has 6 nitrogen and oxygen atoms in total. The van der Waals surface area contributed by atoms with Gasteiger partial charge in [0.05, 0.1) is 13.2 Å². The van der Waals surface area contributed by atoms with Crippen LogP contribution in [-0.4, -0.2) is 44.3 Å². The number of methoxy groups -OCH3 is 1. The molecular weight excluding hydrogens is 320 g/mol. The van der Waals surface area contributed by atoms with Crippen molar-refractivity contribution in [2.24, 2.45) is 0 Å². The molecule has 130 valence electrons. The van der Waals surface area contributed by atoms with Crippen LogP contribution in [0.2, 0.25) is 0 Å². The molecule has 0 bridgehead atoms. The predicted octanol–water partition coefficient (Wildman–Crippen LogP) is 2.21. The Morgan fingerprint density at radius 2 is 2.04 bits per heavy atom. The molecular formula is C19H20N2O4. The highest BCUT2D eigenvalue weighted by Crippen LogP contribution is 2.35. The average molecular weight is 340 g/mol. The van der Waals surface area contributed by atoms with Crippen LogP contribution in [0.1, 0.15) is 22.0 Å². The van der Waals surface area contributed by atoms with Crippen LogP contribution in [0.4, 0.5) is 0 Å². The van der Waals surface area contributed by atoms with Gasteiger partial charge in [-0.1, -0.05) is 18.2 Å². The standard InChI is InChI=1S/C19H20N2O4/c1-23-16-5-3-2-4-14(16)15-11-20-8-9-21(15)19(22)13-6-7-17-18(10-13)25-12-24-17/h2-7,10,15,20H,8-9,11-12H2,1H3. The predicted molar refractivity (Wildman–Crippen MR) is 92.2 cm³/mol. The van der Waals surface area contributed by atoms with E-state index in [2.05, 4.69) is 5.32 Å². The molecule has 6 heteroatoms. The molecule has 2 aromatic carbocycles. The van der Waals surface area contributed by atoms with Gasteiger partial charge in [-0.3, -0.25) is 4.79 Å². The van der Waals surface area contributed by atoms with Crippen molar-refractivity contribution in [2.75, 3.05) is 33.5 Å². The summed E-state index contributed by atoms with van der Waals surface area (Å²) in [6.07, 6.45) is 0. The van der Waals surface area contributed by atoms with E-state index in [1.807, 2.05) is 29.2 Å². The van der Waals surface area contributed by atoms with Gasteiger partial charge in [-0.05, 0) is 24.3 Å². The van der Waals surface area contributed by atoms with Crippen LogP contribution in [0.5, 0.6) is 17.2 Å². The van der Waals surface area contributed by atoms with Gasteiger partial charge in [-0.2, -0.15) is 0 Å². The number of carbonyl (C=O) groups is 1. The molecule has 2 aliphatic rings. The van der Waals surface area contributed by atoms with Crippen LogP contribution < -0.4 is 19.5 Å². The Bertz CT molecular complexity index is 793. The zero-order valence-electron chi connectivity index (χ0n) is 14.0. The van der Waals surface area contributed by atoms with Gasteiger partial charge in [0.15, 0.2) is 11.5 Å². The number of nitrogens with zero attached hydrogens (tertiary/aromatic N) is 1. The summed E-state index contributed by atoms with van der Waals surface area (Å²) in [5.41, 5.74) is 1.61. The third-order valence-electron chi connectivity index (χ3n) is 4.62. The van der Waals surface area contributed by atoms with E-state index in [1.54, 1.807) is 25.3 Å². The first kappa shape index (κ1) is 15.8. The molecule has 1 unspecified atom stereocenters. The van der Waals surface area contributed by atoms with Crippen molar-refractivity contribution in [2.45, 2.75) is 6.04 Å². The fourth-order valence-electron chi connectivity index (χ4n) is 3.36. The number of hydrogen-bond acceptors (Lipinski definition) is 5. The zero-order valence-corrected chi connectivity index (χ0v) is 14.0. The van der Waals surface area contributed by atoms with Crippen molar-refractivity contribution in [3.63, 3.8) is 0 Å². The Labute approximate surface area is 146 Å². The summed E-state index contributed by atoms with van der Waals surface area (Å²) in [6, 6.07) is 13.1. The maximum Gasteiger partial charge on any atom is 0.254 e. The van der Waals surface area contributed by atoms with Crippen molar-refractivity contribution in [1.29, 1.82) is 0 Å². The van der Waals surface area contributed by atoms with Crippen molar-refractivity contribution in [3.05, 3.63) is 53.6 Å². The second-order valence-electron chi connectivity index (χ2n) is 6.03. The van der Waals surface area contributed by atoms with Crippen LogP contribution in [-0.2, 0) is 0 Å². The SMILES string of the molecule is COc1ccccc1C1CNCCN1C(=O)c1ccc2c(c1)OCO2. The quantitative estimate of drug-likeness (QED) is 0.928. The molecule has 2 aromatic rings. The summed E-state index contributed by atoms with van der Waals surface area (Å²) in [4.78, 5) is 15.0. The summed E-state index contributed by atoms with van der Waals surface area (Å²) < 4.78 is 16.2. The number of nitrogens with one attached hydrogen (secondary N) is 1.